The summed E-state index contributed by atoms with van der Waals surface area (Å²) in [6, 6.07) is 14.2. The maximum absolute atomic E-state index is 12.3. The van der Waals surface area contributed by atoms with Gasteiger partial charge in [0.2, 0.25) is 0 Å². The van der Waals surface area contributed by atoms with E-state index < -0.39 is 0 Å². The molecule has 0 saturated carbocycles. The molecule has 0 aliphatic carbocycles. The van der Waals surface area contributed by atoms with Crippen LogP contribution in [-0.4, -0.2) is 15.6 Å². The lowest BCUT2D eigenvalue weighted by Gasteiger charge is -2.04. The number of hydrogen-bond acceptors (Lipinski definition) is 2. The van der Waals surface area contributed by atoms with Crippen LogP contribution in [0.1, 0.15) is 10.4 Å². The van der Waals surface area contributed by atoms with E-state index in [0.717, 1.165) is 10.9 Å². The number of aromatic nitrogens is 1. The Morgan fingerprint density at radius 1 is 1.10 bits per heavy atom. The van der Waals surface area contributed by atoms with Crippen molar-refractivity contribution in [3.8, 4) is 5.75 Å². The lowest BCUT2D eigenvalue weighted by Crippen LogP contribution is -2.11. The van der Waals surface area contributed by atoms with Crippen LogP contribution in [0.2, 0.25) is 0 Å². The highest BCUT2D eigenvalue weighted by Crippen LogP contribution is 2.22. The van der Waals surface area contributed by atoms with Gasteiger partial charge in [-0.2, -0.15) is 0 Å². The Hall–Kier alpha value is -2.75. The van der Waals surface area contributed by atoms with E-state index in [2.05, 4.69) is 5.32 Å². The Kier molecular flexibility index (Phi) is 2.91. The molecule has 0 aliphatic rings. The minimum Gasteiger partial charge on any atom is -0.508 e. The first-order valence-corrected chi connectivity index (χ1v) is 6.29. The fourth-order valence-corrected chi connectivity index (χ4v) is 2.27. The monoisotopic (exact) mass is 266 g/mol. The molecule has 3 rings (SSSR count). The van der Waals surface area contributed by atoms with Gasteiger partial charge in [0, 0.05) is 29.8 Å². The summed E-state index contributed by atoms with van der Waals surface area (Å²) in [5.74, 6) is 0.0145. The van der Waals surface area contributed by atoms with Gasteiger partial charge in [-0.15, -0.1) is 0 Å². The molecular weight excluding hydrogens is 252 g/mol. The van der Waals surface area contributed by atoms with Gasteiger partial charge in [0.05, 0.1) is 5.56 Å². The van der Waals surface area contributed by atoms with Crippen molar-refractivity contribution in [3.05, 3.63) is 60.3 Å². The van der Waals surface area contributed by atoms with Crippen LogP contribution in [0.3, 0.4) is 0 Å². The molecular formula is C16H14N2O2. The summed E-state index contributed by atoms with van der Waals surface area (Å²) >= 11 is 0. The zero-order chi connectivity index (χ0) is 14.1. The van der Waals surface area contributed by atoms with E-state index in [0.29, 0.717) is 11.3 Å². The van der Waals surface area contributed by atoms with Gasteiger partial charge in [0.15, 0.2) is 0 Å². The van der Waals surface area contributed by atoms with E-state index in [1.165, 1.54) is 0 Å². The number of aromatic hydroxyl groups is 1. The number of phenols is 1. The standard InChI is InChI=1S/C16H14N2O2/c1-18-10-14(13-4-2-3-5-15(13)18)16(20)17-11-6-8-12(19)9-7-11/h2-10,19H,1H3,(H,17,20). The Labute approximate surface area is 116 Å². The van der Waals surface area contributed by atoms with Gasteiger partial charge < -0.3 is 15.0 Å². The number of benzene rings is 2. The van der Waals surface area contributed by atoms with Crippen molar-refractivity contribution in [3.63, 3.8) is 0 Å². The Balaban J connectivity index is 1.95. The number of hydrogen-bond donors (Lipinski definition) is 2. The molecule has 0 aliphatic heterocycles. The van der Waals surface area contributed by atoms with E-state index >= 15 is 0 Å². The van der Waals surface area contributed by atoms with Gasteiger partial charge in [0.1, 0.15) is 5.75 Å². The minimum atomic E-state index is -0.160. The van der Waals surface area contributed by atoms with E-state index in [9.17, 15) is 9.90 Å². The number of amides is 1. The van der Waals surface area contributed by atoms with Crippen LogP contribution in [0.5, 0.6) is 5.75 Å². The van der Waals surface area contributed by atoms with Crippen LogP contribution in [0.25, 0.3) is 10.9 Å². The molecule has 4 nitrogen and oxygen atoms in total. The molecule has 0 saturated heterocycles. The molecule has 0 unspecified atom stereocenters. The fourth-order valence-electron chi connectivity index (χ4n) is 2.27. The van der Waals surface area contributed by atoms with Crippen molar-refractivity contribution in [2.75, 3.05) is 5.32 Å². The van der Waals surface area contributed by atoms with E-state index in [4.69, 9.17) is 0 Å². The molecule has 0 bridgehead atoms. The van der Waals surface area contributed by atoms with Crippen LogP contribution in [0, 0.1) is 0 Å². The number of aryl methyl sites for hydroxylation is 1. The van der Waals surface area contributed by atoms with Crippen molar-refractivity contribution in [1.82, 2.24) is 4.57 Å². The quantitative estimate of drug-likeness (QED) is 0.700. The van der Waals surface area contributed by atoms with Crippen LogP contribution in [0.15, 0.2) is 54.7 Å². The smallest absolute Gasteiger partial charge is 0.257 e. The predicted molar refractivity (Wildman–Crippen MR) is 79.0 cm³/mol. The summed E-state index contributed by atoms with van der Waals surface area (Å²) in [6.45, 7) is 0. The first kappa shape index (κ1) is 12.3. The Morgan fingerprint density at radius 2 is 1.80 bits per heavy atom. The average molecular weight is 266 g/mol. The van der Waals surface area contributed by atoms with Crippen LogP contribution >= 0.6 is 0 Å². The molecule has 4 heteroatoms. The number of carbonyl (C=O) groups is 1. The highest BCUT2D eigenvalue weighted by molar-refractivity contribution is 6.12. The molecule has 2 N–H and O–H groups in total. The summed E-state index contributed by atoms with van der Waals surface area (Å²) < 4.78 is 1.93. The van der Waals surface area contributed by atoms with Gasteiger partial charge >= 0.3 is 0 Å². The van der Waals surface area contributed by atoms with Crippen molar-refractivity contribution >= 4 is 22.5 Å². The first-order valence-electron chi connectivity index (χ1n) is 6.29. The maximum atomic E-state index is 12.3. The molecule has 0 fully saturated rings. The number of nitrogens with zero attached hydrogens (tertiary/aromatic N) is 1. The molecule has 0 atom stereocenters. The van der Waals surface area contributed by atoms with E-state index in [1.807, 2.05) is 42.1 Å². The SMILES string of the molecule is Cn1cc(C(=O)Nc2ccc(O)cc2)c2ccccc21. The van der Waals surface area contributed by atoms with Gasteiger partial charge in [0.25, 0.3) is 5.91 Å². The molecule has 100 valence electrons. The second kappa shape index (κ2) is 4.74. The highest BCUT2D eigenvalue weighted by Gasteiger charge is 2.13. The van der Waals surface area contributed by atoms with Crippen LogP contribution < -0.4 is 5.32 Å². The number of carbonyl (C=O) groups excluding carboxylic acids is 1. The third kappa shape index (κ3) is 2.12. The number of para-hydroxylation sites is 1. The molecule has 0 spiro atoms. The molecule has 1 aromatic heterocycles. The molecule has 20 heavy (non-hydrogen) atoms. The molecule has 3 aromatic rings. The number of fused-ring (bicyclic) bond motifs is 1. The van der Waals surface area contributed by atoms with Crippen molar-refractivity contribution in [2.24, 2.45) is 7.05 Å². The van der Waals surface area contributed by atoms with Gasteiger partial charge in [-0.1, -0.05) is 18.2 Å². The first-order chi connectivity index (χ1) is 9.65. The van der Waals surface area contributed by atoms with Gasteiger partial charge in [-0.3, -0.25) is 4.79 Å². The Bertz CT molecular complexity index is 773. The van der Waals surface area contributed by atoms with Gasteiger partial charge in [-0.25, -0.2) is 0 Å². The van der Waals surface area contributed by atoms with Crippen molar-refractivity contribution in [2.45, 2.75) is 0 Å². The zero-order valence-electron chi connectivity index (χ0n) is 11.0. The number of nitrogens with one attached hydrogen (secondary N) is 1. The second-order valence-electron chi connectivity index (χ2n) is 4.67. The predicted octanol–water partition coefficient (Wildman–Crippen LogP) is 3.14. The molecule has 1 heterocycles. The summed E-state index contributed by atoms with van der Waals surface area (Å²) in [5.41, 5.74) is 2.31. The summed E-state index contributed by atoms with van der Waals surface area (Å²) in [6.07, 6.45) is 1.82. The minimum absolute atomic E-state index is 0.160. The van der Waals surface area contributed by atoms with Crippen LogP contribution in [-0.2, 0) is 7.05 Å². The molecule has 2 aromatic carbocycles. The van der Waals surface area contributed by atoms with Crippen molar-refractivity contribution < 1.29 is 9.90 Å². The lowest BCUT2D eigenvalue weighted by atomic mass is 10.1. The van der Waals surface area contributed by atoms with Crippen molar-refractivity contribution in [1.29, 1.82) is 0 Å². The number of anilines is 1. The second-order valence-corrected chi connectivity index (χ2v) is 4.67. The summed E-state index contributed by atoms with van der Waals surface area (Å²) in [4.78, 5) is 12.3. The maximum Gasteiger partial charge on any atom is 0.257 e. The van der Waals surface area contributed by atoms with Crippen LogP contribution in [0.4, 0.5) is 5.69 Å². The highest BCUT2D eigenvalue weighted by atomic mass is 16.3. The van der Waals surface area contributed by atoms with Gasteiger partial charge in [-0.05, 0) is 30.3 Å². The topological polar surface area (TPSA) is 54.3 Å². The Morgan fingerprint density at radius 3 is 2.55 bits per heavy atom. The summed E-state index contributed by atoms with van der Waals surface area (Å²) in [7, 11) is 1.92. The zero-order valence-corrected chi connectivity index (χ0v) is 11.0. The normalized spacial score (nSPS) is 10.7. The average Bonchev–Trinajstić information content (AvgIpc) is 2.79. The largest absolute Gasteiger partial charge is 0.508 e. The number of rotatable bonds is 2. The fraction of sp³-hybridized carbons (Fsp3) is 0.0625. The third-order valence-corrected chi connectivity index (χ3v) is 3.27. The summed E-state index contributed by atoms with van der Waals surface area (Å²) in [5, 5.41) is 13.0. The van der Waals surface area contributed by atoms with E-state index in [1.54, 1.807) is 24.3 Å². The number of phenolic OH excluding ortho intramolecular Hbond substituents is 1. The molecule has 0 radical (unpaired) electrons. The van der Waals surface area contributed by atoms with E-state index in [-0.39, 0.29) is 11.7 Å². The third-order valence-electron chi connectivity index (χ3n) is 3.27. The lowest BCUT2D eigenvalue weighted by molar-refractivity contribution is 0.102. The molecule has 1 amide bonds.